The summed E-state index contributed by atoms with van der Waals surface area (Å²) in [5.74, 6) is 1.15. The Morgan fingerprint density at radius 1 is 0.600 bits per heavy atom. The predicted octanol–water partition coefficient (Wildman–Crippen LogP) is 5.77. The minimum absolute atomic E-state index is 0.217. The molecular formula is C24H14FN5. The van der Waals surface area contributed by atoms with E-state index in [0.29, 0.717) is 17.0 Å². The molecule has 4 aromatic carbocycles. The third-order valence-electron chi connectivity index (χ3n) is 5.42. The Hall–Kier alpha value is -4.19. The van der Waals surface area contributed by atoms with Gasteiger partial charge in [-0.2, -0.15) is 0 Å². The van der Waals surface area contributed by atoms with Gasteiger partial charge in [0.05, 0.1) is 5.69 Å². The first-order valence-electron chi connectivity index (χ1n) is 9.49. The Bertz CT molecular complexity index is 1460. The van der Waals surface area contributed by atoms with Gasteiger partial charge in [-0.15, -0.1) is 0 Å². The third kappa shape index (κ3) is 2.40. The summed E-state index contributed by atoms with van der Waals surface area (Å²) in [6, 6.07) is 19.0. The van der Waals surface area contributed by atoms with Crippen LogP contribution in [0.3, 0.4) is 0 Å². The van der Waals surface area contributed by atoms with E-state index in [-0.39, 0.29) is 5.82 Å². The molecule has 0 aliphatic carbocycles. The number of anilines is 3. The Balaban J connectivity index is 1.73. The highest BCUT2D eigenvalue weighted by atomic mass is 19.1. The molecule has 0 radical (unpaired) electrons. The lowest BCUT2D eigenvalue weighted by Crippen LogP contribution is -2.13. The van der Waals surface area contributed by atoms with E-state index < -0.39 is 0 Å². The highest BCUT2D eigenvalue weighted by Crippen LogP contribution is 2.42. The predicted molar refractivity (Wildman–Crippen MR) is 116 cm³/mol. The minimum Gasteiger partial charge on any atom is -0.278 e. The summed E-state index contributed by atoms with van der Waals surface area (Å²) in [6.45, 7) is 0. The van der Waals surface area contributed by atoms with Crippen LogP contribution in [0.15, 0.2) is 85.7 Å². The number of benzene rings is 4. The molecule has 0 fully saturated rings. The van der Waals surface area contributed by atoms with Crippen molar-refractivity contribution in [2.24, 2.45) is 0 Å². The van der Waals surface area contributed by atoms with Crippen LogP contribution in [0.5, 0.6) is 0 Å². The third-order valence-corrected chi connectivity index (χ3v) is 5.42. The van der Waals surface area contributed by atoms with Crippen molar-refractivity contribution in [2.45, 2.75) is 0 Å². The number of halogens is 1. The minimum atomic E-state index is -0.217. The maximum absolute atomic E-state index is 14.6. The first-order chi connectivity index (χ1) is 14.8. The Morgan fingerprint density at radius 3 is 1.80 bits per heavy atom. The van der Waals surface area contributed by atoms with E-state index in [1.165, 1.54) is 18.7 Å². The van der Waals surface area contributed by atoms with Crippen LogP contribution < -0.4 is 4.90 Å². The molecule has 2 heterocycles. The highest BCUT2D eigenvalue weighted by molar-refractivity contribution is 6.25. The molecule has 5 nitrogen and oxygen atoms in total. The van der Waals surface area contributed by atoms with Gasteiger partial charge in [-0.3, -0.25) is 4.90 Å². The maximum atomic E-state index is 14.6. The second kappa shape index (κ2) is 6.42. The van der Waals surface area contributed by atoms with Gasteiger partial charge in [-0.25, -0.2) is 24.3 Å². The monoisotopic (exact) mass is 391 g/mol. The van der Waals surface area contributed by atoms with E-state index in [2.05, 4.69) is 32.1 Å². The van der Waals surface area contributed by atoms with Crippen LogP contribution in [0.1, 0.15) is 0 Å². The van der Waals surface area contributed by atoms with Crippen molar-refractivity contribution in [3.05, 3.63) is 91.5 Å². The number of hydrogen-bond acceptors (Lipinski definition) is 5. The van der Waals surface area contributed by atoms with Crippen molar-refractivity contribution in [3.63, 3.8) is 0 Å². The van der Waals surface area contributed by atoms with Crippen LogP contribution in [0, 0.1) is 5.82 Å². The smallest absolute Gasteiger partial charge is 0.142 e. The zero-order chi connectivity index (χ0) is 20.1. The molecule has 0 N–H and O–H groups in total. The van der Waals surface area contributed by atoms with E-state index in [1.54, 1.807) is 12.4 Å². The van der Waals surface area contributed by atoms with E-state index in [0.717, 1.165) is 32.6 Å². The molecule has 30 heavy (non-hydrogen) atoms. The normalized spacial score (nSPS) is 11.5. The molecule has 6 aromatic rings. The molecule has 142 valence electrons. The number of hydrogen-bond donors (Lipinski definition) is 0. The zero-order valence-electron chi connectivity index (χ0n) is 15.7. The summed E-state index contributed by atoms with van der Waals surface area (Å²) in [7, 11) is 0. The van der Waals surface area contributed by atoms with Crippen LogP contribution >= 0.6 is 0 Å². The van der Waals surface area contributed by atoms with Crippen molar-refractivity contribution in [1.82, 2.24) is 19.9 Å². The summed E-state index contributed by atoms with van der Waals surface area (Å²) in [5, 5.41) is 5.64. The van der Waals surface area contributed by atoms with Gasteiger partial charge in [-0.1, -0.05) is 36.4 Å². The summed E-state index contributed by atoms with van der Waals surface area (Å²) in [4.78, 5) is 18.9. The second-order valence-corrected chi connectivity index (χ2v) is 7.03. The van der Waals surface area contributed by atoms with Crippen molar-refractivity contribution in [2.75, 3.05) is 4.90 Å². The molecule has 0 unspecified atom stereocenters. The molecule has 0 aliphatic rings. The molecule has 0 atom stereocenters. The maximum Gasteiger partial charge on any atom is 0.142 e. The lowest BCUT2D eigenvalue weighted by Gasteiger charge is -2.25. The molecule has 0 bridgehead atoms. The van der Waals surface area contributed by atoms with Crippen molar-refractivity contribution >= 4 is 49.6 Å². The fourth-order valence-electron chi connectivity index (χ4n) is 4.14. The molecule has 0 spiro atoms. The van der Waals surface area contributed by atoms with Crippen molar-refractivity contribution in [3.8, 4) is 0 Å². The van der Waals surface area contributed by atoms with Crippen LogP contribution in [0.25, 0.3) is 32.3 Å². The van der Waals surface area contributed by atoms with Crippen molar-refractivity contribution in [1.29, 1.82) is 0 Å². The Labute approximate surface area is 170 Å². The fraction of sp³-hybridized carbons (Fsp3) is 0. The quantitative estimate of drug-likeness (QED) is 0.358. The molecule has 0 amide bonds. The second-order valence-electron chi connectivity index (χ2n) is 7.03. The SMILES string of the molecule is Fc1ccc2ccc3c(N(c4ccncn4)c4ccncn4)ccc4ccc1c2c43. The van der Waals surface area contributed by atoms with Crippen LogP contribution in [-0.2, 0) is 0 Å². The van der Waals surface area contributed by atoms with E-state index in [1.807, 2.05) is 47.4 Å². The van der Waals surface area contributed by atoms with Gasteiger partial charge in [0.15, 0.2) is 0 Å². The Kier molecular flexibility index (Phi) is 3.58. The van der Waals surface area contributed by atoms with Gasteiger partial charge < -0.3 is 0 Å². The molecule has 6 heteroatoms. The summed E-state index contributed by atoms with van der Waals surface area (Å²) in [6.07, 6.45) is 6.41. The van der Waals surface area contributed by atoms with Gasteiger partial charge >= 0.3 is 0 Å². The molecule has 2 aromatic heterocycles. The van der Waals surface area contributed by atoms with Gasteiger partial charge in [-0.05, 0) is 40.4 Å². The average molecular weight is 391 g/mol. The number of aromatic nitrogens is 4. The van der Waals surface area contributed by atoms with Crippen LogP contribution in [0.4, 0.5) is 21.7 Å². The molecule has 0 saturated carbocycles. The molecular weight excluding hydrogens is 377 g/mol. The topological polar surface area (TPSA) is 54.8 Å². The number of nitrogens with zero attached hydrogens (tertiary/aromatic N) is 5. The first-order valence-corrected chi connectivity index (χ1v) is 9.49. The van der Waals surface area contributed by atoms with E-state index >= 15 is 0 Å². The van der Waals surface area contributed by atoms with Crippen molar-refractivity contribution < 1.29 is 4.39 Å². The van der Waals surface area contributed by atoms with Gasteiger partial charge in [0, 0.05) is 28.6 Å². The standard InChI is InChI=1S/C24H14FN5/c25-19-7-3-15-2-6-18-20(8-4-16-1-5-17(19)23(15)24(16)18)30(21-9-11-26-13-28-21)22-10-12-27-14-29-22/h1-14H. The summed E-state index contributed by atoms with van der Waals surface area (Å²) in [5.41, 5.74) is 0.901. The summed E-state index contributed by atoms with van der Waals surface area (Å²) >= 11 is 0. The van der Waals surface area contributed by atoms with E-state index in [9.17, 15) is 4.39 Å². The molecule has 0 aliphatic heterocycles. The van der Waals surface area contributed by atoms with Gasteiger partial charge in [0.25, 0.3) is 0 Å². The van der Waals surface area contributed by atoms with Crippen LogP contribution in [-0.4, -0.2) is 19.9 Å². The van der Waals surface area contributed by atoms with Gasteiger partial charge in [0.2, 0.25) is 0 Å². The zero-order valence-corrected chi connectivity index (χ0v) is 15.7. The number of rotatable bonds is 3. The highest BCUT2D eigenvalue weighted by Gasteiger charge is 2.20. The average Bonchev–Trinajstić information content (AvgIpc) is 2.81. The molecule has 0 saturated heterocycles. The summed E-state index contributed by atoms with van der Waals surface area (Å²) < 4.78 is 14.6. The first kappa shape index (κ1) is 16.7. The molecule has 6 rings (SSSR count). The lowest BCUT2D eigenvalue weighted by molar-refractivity contribution is 0.640. The van der Waals surface area contributed by atoms with Crippen LogP contribution in [0.2, 0.25) is 0 Å². The van der Waals surface area contributed by atoms with E-state index in [4.69, 9.17) is 0 Å². The Morgan fingerprint density at radius 2 is 1.17 bits per heavy atom. The fourth-order valence-corrected chi connectivity index (χ4v) is 4.14. The lowest BCUT2D eigenvalue weighted by atomic mass is 9.93. The largest absolute Gasteiger partial charge is 0.278 e. The van der Waals surface area contributed by atoms with Gasteiger partial charge in [0.1, 0.15) is 30.1 Å².